The van der Waals surface area contributed by atoms with Crippen LogP contribution in [-0.4, -0.2) is 97.7 Å². The van der Waals surface area contributed by atoms with Crippen LogP contribution in [-0.2, 0) is 25.7 Å². The van der Waals surface area contributed by atoms with Gasteiger partial charge in [-0.05, 0) is 50.0 Å². The first-order valence-electron chi connectivity index (χ1n) is 14.9. The summed E-state index contributed by atoms with van der Waals surface area (Å²) in [6, 6.07) is 9.09. The Morgan fingerprint density at radius 3 is 2.21 bits per heavy atom. The van der Waals surface area contributed by atoms with Gasteiger partial charge in [-0.25, -0.2) is 4.79 Å². The van der Waals surface area contributed by atoms with Crippen LogP contribution in [0.3, 0.4) is 0 Å². The number of nitrogens with zero attached hydrogens (tertiary/aromatic N) is 3. The lowest BCUT2D eigenvalue weighted by Crippen LogP contribution is -2.55. The summed E-state index contributed by atoms with van der Waals surface area (Å²) < 4.78 is 10.5. The lowest BCUT2D eigenvalue weighted by atomic mass is 9.83. The van der Waals surface area contributed by atoms with Crippen LogP contribution in [0.2, 0.25) is 0 Å². The van der Waals surface area contributed by atoms with E-state index in [9.17, 15) is 14.4 Å². The SMILES string of the molecule is CCOC(=O)CN1CCN(CC2CCN(C(=O)[C@H](NC(=O)OCc3ccccc3)C3CCCCC3)CC2)CC1. The zero-order chi connectivity index (χ0) is 27.5. The summed E-state index contributed by atoms with van der Waals surface area (Å²) in [6.07, 6.45) is 6.77. The molecule has 39 heavy (non-hydrogen) atoms. The lowest BCUT2D eigenvalue weighted by molar-refractivity contribution is -0.145. The second-order valence-electron chi connectivity index (χ2n) is 11.2. The van der Waals surface area contributed by atoms with Crippen LogP contribution in [0.4, 0.5) is 4.79 Å². The number of carbonyl (C=O) groups is 3. The zero-order valence-electron chi connectivity index (χ0n) is 23.5. The Bertz CT molecular complexity index is 907. The predicted octanol–water partition coefficient (Wildman–Crippen LogP) is 3.28. The number of alkyl carbamates (subject to hydrolysis) is 1. The van der Waals surface area contributed by atoms with Gasteiger partial charge in [0.05, 0.1) is 13.2 Å². The maximum Gasteiger partial charge on any atom is 0.408 e. The first-order chi connectivity index (χ1) is 19.0. The van der Waals surface area contributed by atoms with Crippen molar-refractivity contribution < 1.29 is 23.9 Å². The van der Waals surface area contributed by atoms with Gasteiger partial charge in [-0.2, -0.15) is 0 Å². The fraction of sp³-hybridized carbons (Fsp3) is 0.700. The van der Waals surface area contributed by atoms with Crippen LogP contribution in [0.25, 0.3) is 0 Å². The number of carbonyl (C=O) groups excluding carboxylic acids is 3. The molecule has 3 fully saturated rings. The molecular weight excluding hydrogens is 496 g/mol. The van der Waals surface area contributed by atoms with E-state index in [1.807, 2.05) is 42.2 Å². The average molecular weight is 543 g/mol. The summed E-state index contributed by atoms with van der Waals surface area (Å²) in [5.41, 5.74) is 0.927. The molecule has 2 aliphatic heterocycles. The number of piperidine rings is 1. The molecule has 2 amide bonds. The fourth-order valence-corrected chi connectivity index (χ4v) is 6.16. The van der Waals surface area contributed by atoms with Gasteiger partial charge in [-0.3, -0.25) is 14.5 Å². The number of benzene rings is 1. The maximum atomic E-state index is 13.7. The number of amides is 2. The molecule has 0 spiro atoms. The molecule has 1 saturated carbocycles. The van der Waals surface area contributed by atoms with E-state index >= 15 is 0 Å². The number of hydrogen-bond donors (Lipinski definition) is 1. The summed E-state index contributed by atoms with van der Waals surface area (Å²) in [5.74, 6) is 0.625. The number of esters is 1. The predicted molar refractivity (Wildman–Crippen MR) is 149 cm³/mol. The zero-order valence-corrected chi connectivity index (χ0v) is 23.5. The van der Waals surface area contributed by atoms with Gasteiger partial charge in [0, 0.05) is 45.8 Å². The number of ether oxygens (including phenoxy) is 2. The molecule has 1 aliphatic carbocycles. The molecule has 9 nitrogen and oxygen atoms in total. The molecule has 216 valence electrons. The molecule has 4 rings (SSSR count). The summed E-state index contributed by atoms with van der Waals surface area (Å²) in [5, 5.41) is 2.96. The molecule has 2 saturated heterocycles. The van der Waals surface area contributed by atoms with Crippen LogP contribution in [0, 0.1) is 11.8 Å². The highest BCUT2D eigenvalue weighted by atomic mass is 16.5. The molecule has 2 heterocycles. The van der Waals surface area contributed by atoms with Crippen molar-refractivity contribution in [1.82, 2.24) is 20.0 Å². The summed E-state index contributed by atoms with van der Waals surface area (Å²) in [4.78, 5) is 44.8. The standard InChI is InChI=1S/C30H46N4O5/c1-2-38-27(35)22-33-19-17-32(18-20-33)21-24-13-15-34(16-14-24)29(36)28(26-11-7-4-8-12-26)31-30(37)39-23-25-9-5-3-6-10-25/h3,5-6,9-10,24,26,28H,2,4,7-8,11-23H2,1H3,(H,31,37)/t28-/m1/s1. The number of nitrogens with one attached hydrogen (secondary N) is 1. The van der Waals surface area contributed by atoms with E-state index in [1.165, 1.54) is 6.42 Å². The molecule has 1 N–H and O–H groups in total. The smallest absolute Gasteiger partial charge is 0.408 e. The second-order valence-corrected chi connectivity index (χ2v) is 11.2. The van der Waals surface area contributed by atoms with E-state index in [0.717, 1.165) is 89.9 Å². The molecule has 1 aromatic rings. The molecule has 1 atom stereocenters. The highest BCUT2D eigenvalue weighted by Gasteiger charge is 2.36. The molecule has 0 bridgehead atoms. The van der Waals surface area contributed by atoms with Gasteiger partial charge < -0.3 is 24.6 Å². The topological polar surface area (TPSA) is 91.4 Å². The Morgan fingerprint density at radius 2 is 1.54 bits per heavy atom. The van der Waals surface area contributed by atoms with Gasteiger partial charge in [-0.1, -0.05) is 49.6 Å². The van der Waals surface area contributed by atoms with Crippen molar-refractivity contribution in [3.8, 4) is 0 Å². The minimum absolute atomic E-state index is 0.0459. The minimum atomic E-state index is -0.516. The first kappa shape index (κ1) is 29.3. The van der Waals surface area contributed by atoms with Crippen LogP contribution < -0.4 is 5.32 Å². The third-order valence-corrected chi connectivity index (χ3v) is 8.44. The van der Waals surface area contributed by atoms with E-state index in [1.54, 1.807) is 0 Å². The fourth-order valence-electron chi connectivity index (χ4n) is 6.16. The second kappa shape index (κ2) is 15.2. The largest absolute Gasteiger partial charge is 0.465 e. The summed E-state index contributed by atoms with van der Waals surface area (Å²) in [6.45, 7) is 9.00. The maximum absolute atomic E-state index is 13.7. The number of likely N-dealkylation sites (tertiary alicyclic amines) is 1. The molecule has 1 aromatic carbocycles. The van der Waals surface area contributed by atoms with Crippen molar-refractivity contribution in [3.05, 3.63) is 35.9 Å². The van der Waals surface area contributed by atoms with Gasteiger partial charge in [0.2, 0.25) is 5.91 Å². The van der Waals surface area contributed by atoms with E-state index < -0.39 is 12.1 Å². The number of rotatable bonds is 10. The summed E-state index contributed by atoms with van der Waals surface area (Å²) >= 11 is 0. The van der Waals surface area contributed by atoms with Crippen LogP contribution in [0.5, 0.6) is 0 Å². The van der Waals surface area contributed by atoms with Crippen LogP contribution in [0.1, 0.15) is 57.4 Å². The highest BCUT2D eigenvalue weighted by Crippen LogP contribution is 2.29. The number of piperazine rings is 1. The van der Waals surface area contributed by atoms with Crippen molar-refractivity contribution in [2.45, 2.75) is 64.5 Å². The van der Waals surface area contributed by atoms with Gasteiger partial charge in [0.1, 0.15) is 12.6 Å². The van der Waals surface area contributed by atoms with E-state index in [0.29, 0.717) is 19.1 Å². The molecule has 9 heteroatoms. The van der Waals surface area contributed by atoms with Crippen molar-refractivity contribution in [3.63, 3.8) is 0 Å². The quantitative estimate of drug-likeness (QED) is 0.454. The minimum Gasteiger partial charge on any atom is -0.465 e. The van der Waals surface area contributed by atoms with Gasteiger partial charge >= 0.3 is 12.1 Å². The van der Waals surface area contributed by atoms with Crippen molar-refractivity contribution in [1.29, 1.82) is 0 Å². The van der Waals surface area contributed by atoms with E-state index in [-0.39, 0.29) is 24.4 Å². The average Bonchev–Trinajstić information content (AvgIpc) is 2.97. The van der Waals surface area contributed by atoms with E-state index in [4.69, 9.17) is 9.47 Å². The number of hydrogen-bond acceptors (Lipinski definition) is 7. The third-order valence-electron chi connectivity index (χ3n) is 8.44. The van der Waals surface area contributed by atoms with Crippen LogP contribution in [0.15, 0.2) is 30.3 Å². The molecule has 0 unspecified atom stereocenters. The monoisotopic (exact) mass is 542 g/mol. The molecule has 0 radical (unpaired) electrons. The van der Waals surface area contributed by atoms with Gasteiger partial charge in [0.15, 0.2) is 0 Å². The van der Waals surface area contributed by atoms with E-state index in [2.05, 4.69) is 15.1 Å². The highest BCUT2D eigenvalue weighted by molar-refractivity contribution is 5.86. The van der Waals surface area contributed by atoms with Crippen LogP contribution >= 0.6 is 0 Å². The van der Waals surface area contributed by atoms with Crippen molar-refractivity contribution in [2.75, 3.05) is 59.0 Å². The molecular formula is C30H46N4O5. The molecule has 0 aromatic heterocycles. The normalized spacial score (nSPS) is 20.8. The summed E-state index contributed by atoms with van der Waals surface area (Å²) in [7, 11) is 0. The van der Waals surface area contributed by atoms with Crippen molar-refractivity contribution in [2.24, 2.45) is 11.8 Å². The third kappa shape index (κ3) is 9.21. The first-order valence-corrected chi connectivity index (χ1v) is 14.9. The Morgan fingerprint density at radius 1 is 0.872 bits per heavy atom. The Hall–Kier alpha value is -2.65. The lowest BCUT2D eigenvalue weighted by Gasteiger charge is -2.40. The Balaban J connectivity index is 1.23. The molecule has 3 aliphatic rings. The Labute approximate surface area is 233 Å². The van der Waals surface area contributed by atoms with Crippen molar-refractivity contribution >= 4 is 18.0 Å². The van der Waals surface area contributed by atoms with Gasteiger partial charge in [-0.15, -0.1) is 0 Å². The Kier molecular flexibility index (Phi) is 11.4. The van der Waals surface area contributed by atoms with Gasteiger partial charge in [0.25, 0.3) is 0 Å².